The van der Waals surface area contributed by atoms with Crippen LogP contribution in [0.5, 0.6) is 0 Å². The summed E-state index contributed by atoms with van der Waals surface area (Å²) < 4.78 is 0. The molecular weight excluding hydrogens is 292 g/mol. The van der Waals surface area contributed by atoms with Crippen molar-refractivity contribution in [2.24, 2.45) is 0 Å². The predicted octanol–water partition coefficient (Wildman–Crippen LogP) is 4.01. The Morgan fingerprint density at radius 2 is 1.95 bits per heavy atom. The summed E-state index contributed by atoms with van der Waals surface area (Å²) in [6.45, 7) is 4.06. The first-order valence-electron chi connectivity index (χ1n) is 6.25. The van der Waals surface area contributed by atoms with Crippen LogP contribution < -0.4 is 5.56 Å². The van der Waals surface area contributed by atoms with Crippen LogP contribution in [0.2, 0.25) is 0 Å². The number of H-pyrrole nitrogens is 1. The van der Waals surface area contributed by atoms with E-state index in [2.05, 4.69) is 9.97 Å². The molecule has 5 heteroatoms. The minimum Gasteiger partial charge on any atom is -0.309 e. The van der Waals surface area contributed by atoms with Crippen molar-refractivity contribution < 1.29 is 0 Å². The van der Waals surface area contributed by atoms with Gasteiger partial charge in [-0.3, -0.25) is 4.79 Å². The van der Waals surface area contributed by atoms with E-state index in [0.717, 1.165) is 20.8 Å². The summed E-state index contributed by atoms with van der Waals surface area (Å²) in [7, 11) is 0. The van der Waals surface area contributed by atoms with Gasteiger partial charge in [0.15, 0.2) is 0 Å². The Bertz CT molecular complexity index is 833. The molecule has 0 aliphatic rings. The normalized spacial score (nSPS) is 11.2. The first kappa shape index (κ1) is 13.3. The topological polar surface area (TPSA) is 45.8 Å². The zero-order chi connectivity index (χ0) is 14.3. The molecule has 0 saturated carbocycles. The number of aromatic nitrogens is 2. The van der Waals surface area contributed by atoms with Crippen LogP contribution in [0.25, 0.3) is 21.3 Å². The molecule has 1 aromatic carbocycles. The number of aryl methyl sites for hydroxylation is 2. The number of hydrogen-bond donors (Lipinski definition) is 1. The molecule has 20 heavy (non-hydrogen) atoms. The largest absolute Gasteiger partial charge is 0.309 e. The lowest BCUT2D eigenvalue weighted by Crippen LogP contribution is -2.10. The lowest BCUT2D eigenvalue weighted by molar-refractivity contribution is 1.04. The number of fused-ring (bicyclic) bond motifs is 1. The van der Waals surface area contributed by atoms with Gasteiger partial charge in [-0.1, -0.05) is 29.8 Å². The van der Waals surface area contributed by atoms with Crippen LogP contribution >= 0.6 is 22.9 Å². The molecule has 0 spiro atoms. The average Bonchev–Trinajstić information content (AvgIpc) is 2.76. The summed E-state index contributed by atoms with van der Waals surface area (Å²) in [6.07, 6.45) is 0. The van der Waals surface area contributed by atoms with Crippen molar-refractivity contribution in [1.82, 2.24) is 9.97 Å². The van der Waals surface area contributed by atoms with E-state index in [0.29, 0.717) is 11.2 Å². The van der Waals surface area contributed by atoms with E-state index in [1.807, 2.05) is 38.1 Å². The summed E-state index contributed by atoms with van der Waals surface area (Å²) in [5, 5.41) is 0.658. The number of halogens is 1. The van der Waals surface area contributed by atoms with Crippen molar-refractivity contribution in [3.63, 3.8) is 0 Å². The second-order valence-electron chi connectivity index (χ2n) is 4.73. The van der Waals surface area contributed by atoms with E-state index in [1.54, 1.807) is 0 Å². The van der Waals surface area contributed by atoms with Crippen molar-refractivity contribution in [3.05, 3.63) is 50.9 Å². The van der Waals surface area contributed by atoms with Crippen LogP contribution in [0.3, 0.4) is 0 Å². The summed E-state index contributed by atoms with van der Waals surface area (Å²) in [5.74, 6) is 0.725. The molecule has 0 aliphatic carbocycles. The van der Waals surface area contributed by atoms with Crippen LogP contribution in [0, 0.1) is 13.8 Å². The highest BCUT2D eigenvalue weighted by atomic mass is 35.5. The maximum Gasteiger partial charge on any atom is 0.260 e. The van der Waals surface area contributed by atoms with Crippen molar-refractivity contribution in [1.29, 1.82) is 0 Å². The first-order chi connectivity index (χ1) is 9.60. The number of thiophene rings is 1. The Morgan fingerprint density at radius 3 is 2.60 bits per heavy atom. The summed E-state index contributed by atoms with van der Waals surface area (Å²) >= 11 is 7.28. The van der Waals surface area contributed by atoms with Crippen LogP contribution in [0.1, 0.15) is 16.3 Å². The predicted molar refractivity (Wildman–Crippen MR) is 84.7 cm³/mol. The van der Waals surface area contributed by atoms with E-state index in [1.165, 1.54) is 16.9 Å². The molecule has 0 amide bonds. The van der Waals surface area contributed by atoms with Crippen LogP contribution in [0.15, 0.2) is 29.1 Å². The number of nitrogens with one attached hydrogen (secondary N) is 1. The number of nitrogens with zero attached hydrogens (tertiary/aromatic N) is 1. The van der Waals surface area contributed by atoms with Crippen molar-refractivity contribution in [2.45, 2.75) is 19.7 Å². The van der Waals surface area contributed by atoms with Gasteiger partial charge in [0.05, 0.1) is 11.3 Å². The van der Waals surface area contributed by atoms with Crippen molar-refractivity contribution in [3.8, 4) is 11.1 Å². The van der Waals surface area contributed by atoms with E-state index < -0.39 is 0 Å². The van der Waals surface area contributed by atoms with E-state index in [4.69, 9.17) is 11.6 Å². The molecule has 3 rings (SSSR count). The molecule has 0 atom stereocenters. The standard InChI is InChI=1S/C15H13ClN2OS/c1-8-3-5-10(6-4-8)12-9(2)20-15-13(12)14(19)17-11(7-16)18-15/h3-6H,7H2,1-2H3,(H,17,18,19). The van der Waals surface area contributed by atoms with Gasteiger partial charge < -0.3 is 4.98 Å². The Hall–Kier alpha value is -1.65. The molecular formula is C15H13ClN2OS. The molecule has 0 unspecified atom stereocenters. The van der Waals surface area contributed by atoms with E-state index in [9.17, 15) is 4.79 Å². The number of aromatic amines is 1. The molecule has 102 valence electrons. The minimum atomic E-state index is -0.120. The molecule has 0 fully saturated rings. The molecule has 2 aromatic heterocycles. The van der Waals surface area contributed by atoms with Crippen molar-refractivity contribution in [2.75, 3.05) is 0 Å². The van der Waals surface area contributed by atoms with Gasteiger partial charge in [0.2, 0.25) is 0 Å². The lowest BCUT2D eigenvalue weighted by Gasteiger charge is -2.02. The van der Waals surface area contributed by atoms with Gasteiger partial charge in [0, 0.05) is 10.4 Å². The highest BCUT2D eigenvalue weighted by Crippen LogP contribution is 2.35. The van der Waals surface area contributed by atoms with Crippen LogP contribution in [-0.2, 0) is 5.88 Å². The molecule has 3 nitrogen and oxygen atoms in total. The summed E-state index contributed by atoms with van der Waals surface area (Å²) in [6, 6.07) is 8.18. The minimum absolute atomic E-state index is 0.120. The second kappa shape index (κ2) is 5.04. The van der Waals surface area contributed by atoms with Crippen LogP contribution in [-0.4, -0.2) is 9.97 Å². The monoisotopic (exact) mass is 304 g/mol. The van der Waals surface area contributed by atoms with Crippen LogP contribution in [0.4, 0.5) is 0 Å². The highest BCUT2D eigenvalue weighted by molar-refractivity contribution is 7.19. The Morgan fingerprint density at radius 1 is 1.25 bits per heavy atom. The molecule has 0 aliphatic heterocycles. The second-order valence-corrected chi connectivity index (χ2v) is 6.20. The van der Waals surface area contributed by atoms with E-state index >= 15 is 0 Å². The third kappa shape index (κ3) is 2.15. The number of hydrogen-bond acceptors (Lipinski definition) is 3. The van der Waals surface area contributed by atoms with Gasteiger partial charge in [0.25, 0.3) is 5.56 Å². The number of alkyl halides is 1. The fourth-order valence-electron chi connectivity index (χ4n) is 2.29. The fourth-order valence-corrected chi connectivity index (χ4v) is 3.49. The number of rotatable bonds is 2. The van der Waals surface area contributed by atoms with E-state index in [-0.39, 0.29) is 11.4 Å². The highest BCUT2D eigenvalue weighted by Gasteiger charge is 2.16. The zero-order valence-electron chi connectivity index (χ0n) is 11.2. The molecule has 1 N–H and O–H groups in total. The Balaban J connectivity index is 2.33. The molecule has 3 aromatic rings. The van der Waals surface area contributed by atoms with Gasteiger partial charge in [-0.2, -0.15) is 0 Å². The lowest BCUT2D eigenvalue weighted by atomic mass is 10.0. The zero-order valence-corrected chi connectivity index (χ0v) is 12.7. The van der Waals surface area contributed by atoms with Gasteiger partial charge in [-0.05, 0) is 19.4 Å². The quantitative estimate of drug-likeness (QED) is 0.727. The third-order valence-electron chi connectivity index (χ3n) is 3.25. The molecule has 0 saturated heterocycles. The SMILES string of the molecule is Cc1ccc(-c2c(C)sc3nc(CCl)[nH]c(=O)c23)cc1. The third-order valence-corrected chi connectivity index (χ3v) is 4.51. The maximum absolute atomic E-state index is 12.3. The van der Waals surface area contributed by atoms with Gasteiger partial charge in [-0.25, -0.2) is 4.98 Å². The first-order valence-corrected chi connectivity index (χ1v) is 7.60. The van der Waals surface area contributed by atoms with Gasteiger partial charge in [-0.15, -0.1) is 22.9 Å². The fraction of sp³-hybridized carbons (Fsp3) is 0.200. The smallest absolute Gasteiger partial charge is 0.260 e. The maximum atomic E-state index is 12.3. The molecule has 0 bridgehead atoms. The molecule has 0 radical (unpaired) electrons. The summed E-state index contributed by atoms with van der Waals surface area (Å²) in [4.78, 5) is 21.3. The molecule has 2 heterocycles. The van der Waals surface area contributed by atoms with Crippen molar-refractivity contribution >= 4 is 33.2 Å². The van der Waals surface area contributed by atoms with Gasteiger partial charge >= 0.3 is 0 Å². The average molecular weight is 305 g/mol. The number of benzene rings is 1. The van der Waals surface area contributed by atoms with Gasteiger partial charge in [0.1, 0.15) is 10.7 Å². The Labute approximate surface area is 125 Å². The summed E-state index contributed by atoms with van der Waals surface area (Å²) in [5.41, 5.74) is 3.10. The Kier molecular flexibility index (Phi) is 3.36.